The molecule has 0 heterocycles. The molecule has 2 aromatic carbocycles. The van der Waals surface area contributed by atoms with E-state index in [0.29, 0.717) is 0 Å². The quantitative estimate of drug-likeness (QED) is 0.208. The summed E-state index contributed by atoms with van der Waals surface area (Å²) in [6.07, 6.45) is 9.18. The molecule has 0 amide bonds. The molecule has 0 unspecified atom stereocenters. The van der Waals surface area contributed by atoms with Crippen LogP contribution in [0.4, 0.5) is 0 Å². The second-order valence-corrected chi connectivity index (χ2v) is 6.66. The third-order valence-corrected chi connectivity index (χ3v) is 4.47. The van der Waals surface area contributed by atoms with Crippen LogP contribution in [0.5, 0.6) is 0 Å². The zero-order valence-electron chi connectivity index (χ0n) is 25.7. The van der Waals surface area contributed by atoms with Gasteiger partial charge in [-0.2, -0.15) is 12.8 Å². The van der Waals surface area contributed by atoms with Crippen molar-refractivity contribution >= 4 is 0 Å². The molecular weight excluding hydrogens is 622 g/mol. The molecule has 232 valence electrons. The van der Waals surface area contributed by atoms with Gasteiger partial charge in [0.05, 0.1) is 0 Å². The minimum atomic E-state index is 0. The first kappa shape index (κ1) is 71.9. The standard InChI is InChI=1S/2C10H14.2C4H9.2C2H4.3CH4.2CH3.2Y.H2/c2*1-3-9-7-5-6-8-10(9)4-2;2*1-3-4-2;2*1-2;;;;;;;;/h2*5-8H,3-4H2,1-2H3;2*1,3-4H2,2H3;2*1-2H2;3*1H4;2*1H3;;;1H/q;;2*-1;;;;;;2*-1;;;/i;;;;;;;;;;;;;1+1. The molecule has 0 N–H and O–H groups in total. The minimum Gasteiger partial charge on any atom is -0.358 e. The van der Waals surface area contributed by atoms with Crippen LogP contribution in [0, 0.1) is 28.7 Å². The Morgan fingerprint density at radius 3 is 0.692 bits per heavy atom. The Balaban J connectivity index is -0.0000000248. The first-order chi connectivity index (χ1) is 15.6. The van der Waals surface area contributed by atoms with Gasteiger partial charge in [-0.3, -0.25) is 0 Å². The van der Waals surface area contributed by atoms with E-state index in [0.717, 1.165) is 38.5 Å². The van der Waals surface area contributed by atoms with Crippen LogP contribution in [-0.4, -0.2) is 0 Å². The summed E-state index contributed by atoms with van der Waals surface area (Å²) in [6.45, 7) is 32.3. The van der Waals surface area contributed by atoms with Gasteiger partial charge >= 0.3 is 0 Å². The Morgan fingerprint density at radius 2 is 0.615 bits per heavy atom. The minimum absolute atomic E-state index is 0. The fourth-order valence-electron chi connectivity index (χ4n) is 2.49. The van der Waals surface area contributed by atoms with Gasteiger partial charge in [-0.15, -0.1) is 26.3 Å². The van der Waals surface area contributed by atoms with Crippen LogP contribution in [-0.2, 0) is 91.1 Å². The van der Waals surface area contributed by atoms with Gasteiger partial charge in [0.2, 0.25) is 0 Å². The van der Waals surface area contributed by atoms with Gasteiger partial charge in [-0.05, 0) is 47.9 Å². The molecule has 0 nitrogen and oxygen atoms in total. The van der Waals surface area contributed by atoms with E-state index in [-0.39, 0.29) is 104 Å². The van der Waals surface area contributed by atoms with Gasteiger partial charge in [0.25, 0.3) is 0 Å². The number of hydrogen-bond acceptors (Lipinski definition) is 0. The topological polar surface area (TPSA) is 0 Å². The summed E-state index contributed by atoms with van der Waals surface area (Å²) in [6, 6.07) is 17.3. The molecule has 39 heavy (non-hydrogen) atoms. The van der Waals surface area contributed by atoms with Gasteiger partial charge in [0, 0.05) is 66.8 Å². The Morgan fingerprint density at radius 1 is 0.487 bits per heavy atom. The van der Waals surface area contributed by atoms with E-state index in [4.69, 9.17) is 0 Å². The van der Waals surface area contributed by atoms with Gasteiger partial charge in [0.1, 0.15) is 0 Å². The summed E-state index contributed by atoms with van der Waals surface area (Å²) >= 11 is 0. The fourth-order valence-corrected chi connectivity index (χ4v) is 2.49. The van der Waals surface area contributed by atoms with Gasteiger partial charge in [-0.1, -0.05) is 125 Å². The van der Waals surface area contributed by atoms with Gasteiger partial charge in [0.15, 0.2) is 0 Å². The van der Waals surface area contributed by atoms with E-state index in [2.05, 4.69) is 130 Å². The summed E-state index contributed by atoms with van der Waals surface area (Å²) in [7, 11) is 0. The fraction of sp³-hybridized carbons (Fsp3) is 0.459. The van der Waals surface area contributed by atoms with Crippen molar-refractivity contribution < 1.29 is 66.8 Å². The molecule has 0 aliphatic heterocycles. The number of unbranched alkanes of at least 4 members (excludes halogenated alkanes) is 2. The maximum atomic E-state index is 3.60. The summed E-state index contributed by atoms with van der Waals surface area (Å²) in [5.74, 6) is 0. The van der Waals surface area contributed by atoms with Crippen molar-refractivity contribution in [3.05, 3.63) is 126 Å². The van der Waals surface area contributed by atoms with E-state index < -0.39 is 0 Å². The smallest absolute Gasteiger partial charge is 0 e. The van der Waals surface area contributed by atoms with E-state index >= 15 is 0 Å². The molecule has 0 bridgehead atoms. The number of rotatable bonds is 6. The van der Waals surface area contributed by atoms with Crippen LogP contribution in [0.25, 0.3) is 0 Å². The van der Waals surface area contributed by atoms with Crippen LogP contribution in [0.1, 0.15) is 113 Å². The van der Waals surface area contributed by atoms with Crippen molar-refractivity contribution in [1.29, 1.82) is 0 Å². The average Bonchev–Trinajstić information content (AvgIpc) is 2.91. The molecular formula is C37H74Y2-4. The third-order valence-electron chi connectivity index (χ3n) is 4.47. The third kappa shape index (κ3) is 48.2. The molecule has 0 saturated carbocycles. The first-order valence-corrected chi connectivity index (χ1v) is 12.3. The van der Waals surface area contributed by atoms with E-state index in [9.17, 15) is 0 Å². The second-order valence-electron chi connectivity index (χ2n) is 6.66. The molecule has 2 radical (unpaired) electrons. The van der Waals surface area contributed by atoms with E-state index in [1.807, 2.05) is 0 Å². The monoisotopic (exact) mass is 697 g/mol. The molecule has 0 aliphatic rings. The van der Waals surface area contributed by atoms with Crippen LogP contribution in [0.3, 0.4) is 0 Å². The van der Waals surface area contributed by atoms with E-state index in [1.165, 1.54) is 35.1 Å². The number of aryl methyl sites for hydroxylation is 4. The average molecular weight is 698 g/mol. The summed E-state index contributed by atoms with van der Waals surface area (Å²) in [4.78, 5) is 0. The SMILES string of the molecule is C.C.C.C=C.C=C.CCc1ccccc1CC.CCc1ccccc1CC.[2HH].[CH2-]CCC.[CH2-]CCC.[CH3-].[CH3-].[Y].[Y]. The summed E-state index contributed by atoms with van der Waals surface area (Å²) < 4.78 is 0. The molecule has 0 aromatic heterocycles. The molecule has 0 saturated heterocycles. The number of benzene rings is 2. The summed E-state index contributed by atoms with van der Waals surface area (Å²) in [5.41, 5.74) is 5.96. The molecule has 2 heteroatoms. The van der Waals surface area contributed by atoms with Crippen molar-refractivity contribution in [3.8, 4) is 0 Å². The van der Waals surface area contributed by atoms with Crippen LogP contribution < -0.4 is 0 Å². The van der Waals surface area contributed by atoms with Crippen molar-refractivity contribution in [2.75, 3.05) is 0 Å². The molecule has 0 aliphatic carbocycles. The largest absolute Gasteiger partial charge is 0.358 e. The van der Waals surface area contributed by atoms with Crippen molar-refractivity contribution in [2.24, 2.45) is 0 Å². The Labute approximate surface area is 305 Å². The second kappa shape index (κ2) is 66.4. The maximum absolute atomic E-state index is 3.60. The predicted octanol–water partition coefficient (Wildman–Crippen LogP) is 13.5. The van der Waals surface area contributed by atoms with E-state index in [1.54, 1.807) is 0 Å². The molecule has 2 aromatic rings. The summed E-state index contributed by atoms with van der Waals surface area (Å²) in [5, 5.41) is 0. The molecule has 0 atom stereocenters. The zero-order valence-corrected chi connectivity index (χ0v) is 31.3. The maximum Gasteiger partial charge on any atom is 0 e. The number of hydrogen-bond donors (Lipinski definition) is 0. The molecule has 2 rings (SSSR count). The van der Waals surface area contributed by atoms with Gasteiger partial charge in [-0.25, -0.2) is 0 Å². The first-order valence-electron chi connectivity index (χ1n) is 12.3. The predicted molar refractivity (Wildman–Crippen MR) is 189 cm³/mol. The van der Waals surface area contributed by atoms with Crippen molar-refractivity contribution in [2.45, 2.75) is 115 Å². The van der Waals surface area contributed by atoms with Crippen LogP contribution in [0.15, 0.2) is 74.8 Å². The Kier molecular flexibility index (Phi) is 122. The van der Waals surface area contributed by atoms with Crippen LogP contribution >= 0.6 is 0 Å². The Hall–Kier alpha value is 0.128. The van der Waals surface area contributed by atoms with Crippen molar-refractivity contribution in [1.82, 2.24) is 0 Å². The van der Waals surface area contributed by atoms with Crippen LogP contribution in [0.2, 0.25) is 0 Å². The van der Waals surface area contributed by atoms with Gasteiger partial charge < -0.3 is 28.7 Å². The Bertz CT molecular complexity index is 497. The molecule has 0 spiro atoms. The zero-order chi connectivity index (χ0) is 25.6. The van der Waals surface area contributed by atoms with Crippen molar-refractivity contribution in [3.63, 3.8) is 0 Å². The normalized spacial score (nSPS) is 6.77. The molecule has 0 fully saturated rings.